The molecule has 4 aromatic rings. The minimum Gasteiger partial charge on any atom is -0.482 e. The molecule has 0 atom stereocenters. The van der Waals surface area contributed by atoms with E-state index in [4.69, 9.17) is 32.1 Å². The minimum absolute atomic E-state index is 0.157. The minimum atomic E-state index is -0.495. The van der Waals surface area contributed by atoms with Crippen molar-refractivity contribution in [3.63, 3.8) is 0 Å². The van der Waals surface area contributed by atoms with Crippen molar-refractivity contribution in [1.29, 1.82) is 0 Å². The molecule has 0 unspecified atom stereocenters. The van der Waals surface area contributed by atoms with Crippen LogP contribution in [0, 0.1) is 10.1 Å². The first-order valence-electron chi connectivity index (χ1n) is 11.9. The van der Waals surface area contributed by atoms with Gasteiger partial charge in [0.2, 0.25) is 0 Å². The second-order valence-corrected chi connectivity index (χ2v) is 11.1. The Kier molecular flexibility index (Phi) is 8.86. The monoisotopic (exact) mass is 610 g/mol. The van der Waals surface area contributed by atoms with Gasteiger partial charge in [0.1, 0.15) is 12.4 Å². The number of carbonyl (C=O) groups is 1. The summed E-state index contributed by atoms with van der Waals surface area (Å²) in [4.78, 5) is 25.3. The lowest BCUT2D eigenvalue weighted by atomic mass is 10.1. The van der Waals surface area contributed by atoms with Gasteiger partial charge in [-0.2, -0.15) is 0 Å². The molecule has 4 aromatic carbocycles. The third-order valence-electron chi connectivity index (χ3n) is 5.78. The van der Waals surface area contributed by atoms with Gasteiger partial charge in [-0.1, -0.05) is 77.4 Å². The number of carbonyl (C=O) groups excluding carboxylic acids is 1. The van der Waals surface area contributed by atoms with E-state index in [9.17, 15) is 14.9 Å². The maximum atomic E-state index is 12.9. The van der Waals surface area contributed by atoms with Gasteiger partial charge in [-0.3, -0.25) is 14.9 Å². The smallest absolute Gasteiger partial charge is 0.311 e. The molecule has 0 fully saturated rings. The highest BCUT2D eigenvalue weighted by molar-refractivity contribution is 8.04. The summed E-state index contributed by atoms with van der Waals surface area (Å²) in [5.41, 5.74) is 2.62. The van der Waals surface area contributed by atoms with Crippen LogP contribution < -0.4 is 14.2 Å². The lowest BCUT2D eigenvalue weighted by molar-refractivity contribution is -0.386. The van der Waals surface area contributed by atoms with Crippen LogP contribution in [-0.2, 0) is 17.2 Å². The summed E-state index contributed by atoms with van der Waals surface area (Å²) >= 11 is 14.9. The molecular formula is C29H20Cl2N2O5S2. The van der Waals surface area contributed by atoms with Crippen molar-refractivity contribution >= 4 is 70.4 Å². The summed E-state index contributed by atoms with van der Waals surface area (Å²) in [6, 6.07) is 24.7. The first kappa shape index (κ1) is 27.9. The predicted molar refractivity (Wildman–Crippen MR) is 161 cm³/mol. The van der Waals surface area contributed by atoms with Crippen LogP contribution in [0.1, 0.15) is 16.7 Å². The third kappa shape index (κ3) is 6.74. The van der Waals surface area contributed by atoms with Gasteiger partial charge in [-0.15, -0.1) is 0 Å². The highest BCUT2D eigenvalue weighted by atomic mass is 35.5. The number of hydrogen-bond donors (Lipinski definition) is 1. The lowest BCUT2D eigenvalue weighted by Crippen LogP contribution is -2.17. The van der Waals surface area contributed by atoms with E-state index in [0.717, 1.165) is 16.0 Å². The fraction of sp³-hybridized carbons (Fsp3) is 0.0690. The molecule has 1 amide bonds. The van der Waals surface area contributed by atoms with Crippen molar-refractivity contribution < 1.29 is 18.6 Å². The van der Waals surface area contributed by atoms with Gasteiger partial charge in [-0.05, 0) is 47.5 Å². The largest absolute Gasteiger partial charge is 0.482 e. The van der Waals surface area contributed by atoms with E-state index in [2.05, 4.69) is 5.32 Å². The zero-order valence-corrected chi connectivity index (χ0v) is 23.8. The van der Waals surface area contributed by atoms with E-state index in [1.165, 1.54) is 29.9 Å². The Morgan fingerprint density at radius 2 is 1.75 bits per heavy atom. The molecule has 0 bridgehead atoms. The number of amides is 1. The Morgan fingerprint density at radius 1 is 0.975 bits per heavy atom. The van der Waals surface area contributed by atoms with Crippen molar-refractivity contribution in [2.45, 2.75) is 17.3 Å². The lowest BCUT2D eigenvalue weighted by Gasteiger charge is -2.19. The van der Waals surface area contributed by atoms with Crippen LogP contribution in [0.15, 0.2) is 94.7 Å². The number of nitrogens with one attached hydrogen (secondary N) is 1. The zero-order valence-electron chi connectivity index (χ0n) is 20.6. The number of halogens is 2. The van der Waals surface area contributed by atoms with Crippen LogP contribution in [0.5, 0.6) is 11.5 Å². The molecule has 5 rings (SSSR count). The van der Waals surface area contributed by atoms with Crippen LogP contribution in [0.3, 0.4) is 0 Å². The molecule has 40 heavy (non-hydrogen) atoms. The molecule has 7 nitrogen and oxygen atoms in total. The highest BCUT2D eigenvalue weighted by Gasteiger charge is 2.23. The van der Waals surface area contributed by atoms with E-state index in [1.807, 2.05) is 36.4 Å². The van der Waals surface area contributed by atoms with Gasteiger partial charge in [0.15, 0.2) is 5.75 Å². The molecule has 0 aromatic heterocycles. The Labute approximate surface area is 248 Å². The van der Waals surface area contributed by atoms with Gasteiger partial charge in [0.05, 0.1) is 33.3 Å². The molecule has 1 heterocycles. The summed E-state index contributed by atoms with van der Waals surface area (Å²) in [7, 11) is 0. The molecule has 0 spiro atoms. The second kappa shape index (κ2) is 12.7. The second-order valence-electron chi connectivity index (χ2n) is 8.53. The molecule has 11 heteroatoms. The van der Waals surface area contributed by atoms with Gasteiger partial charge in [0.25, 0.3) is 5.91 Å². The predicted octanol–water partition coefficient (Wildman–Crippen LogP) is 8.79. The van der Waals surface area contributed by atoms with Crippen molar-refractivity contribution in [2.75, 3.05) is 5.32 Å². The maximum Gasteiger partial charge on any atom is 0.311 e. The standard InChI is InChI=1S/C29H20Cl2N2O5S2/c30-22-7-4-8-23(31)21(22)17-39-38-20-10-12-27-24(15-20)32-29(34)28(40-27)14-19-9-11-26(25(13-19)33(35)36)37-16-18-5-2-1-3-6-18/h1-15H,16-17H2,(H,32,34)/b28-14-. The van der Waals surface area contributed by atoms with E-state index in [1.54, 1.807) is 48.5 Å². The Hall–Kier alpha value is -3.63. The number of nitro benzene ring substituents is 1. The van der Waals surface area contributed by atoms with Crippen molar-refractivity contribution in [3.8, 4) is 11.5 Å². The number of ether oxygens (including phenoxy) is 1. The van der Waals surface area contributed by atoms with Gasteiger partial charge in [-0.25, -0.2) is 0 Å². The number of anilines is 1. The van der Waals surface area contributed by atoms with E-state index in [-0.39, 0.29) is 24.0 Å². The fourth-order valence-electron chi connectivity index (χ4n) is 3.79. The van der Waals surface area contributed by atoms with E-state index in [0.29, 0.717) is 37.7 Å². The summed E-state index contributed by atoms with van der Waals surface area (Å²) in [5.74, 6) is 0.842. The zero-order chi connectivity index (χ0) is 28.1. The molecule has 0 saturated carbocycles. The van der Waals surface area contributed by atoms with Crippen molar-refractivity contribution in [3.05, 3.63) is 127 Å². The Morgan fingerprint density at radius 3 is 2.50 bits per heavy atom. The first-order valence-corrected chi connectivity index (χ1v) is 14.4. The van der Waals surface area contributed by atoms with Gasteiger partial charge >= 0.3 is 5.69 Å². The number of nitrogens with zero attached hydrogens (tertiary/aromatic N) is 1. The molecule has 0 radical (unpaired) electrons. The summed E-state index contributed by atoms with van der Waals surface area (Å²) in [6.07, 6.45) is 1.62. The summed E-state index contributed by atoms with van der Waals surface area (Å²) in [5, 5.41) is 15.7. The van der Waals surface area contributed by atoms with Crippen molar-refractivity contribution in [1.82, 2.24) is 0 Å². The third-order valence-corrected chi connectivity index (χ3v) is 8.30. The molecule has 0 aliphatic carbocycles. The topological polar surface area (TPSA) is 90.7 Å². The Balaban J connectivity index is 1.27. The first-order chi connectivity index (χ1) is 19.4. The van der Waals surface area contributed by atoms with E-state index < -0.39 is 4.92 Å². The fourth-order valence-corrected chi connectivity index (χ4v) is 6.14. The number of rotatable bonds is 9. The van der Waals surface area contributed by atoms with Crippen molar-refractivity contribution in [2.24, 2.45) is 0 Å². The number of benzene rings is 4. The molecule has 1 aliphatic rings. The molecule has 0 saturated heterocycles. The SMILES string of the molecule is O=C1Nc2cc(OSCc3c(Cl)cccc3Cl)ccc2S/C1=C\c1ccc(OCc2ccccc2)c([N+](=O)[O-])c1. The summed E-state index contributed by atoms with van der Waals surface area (Å²) in [6.45, 7) is 0.203. The number of nitro groups is 1. The number of thioether (sulfide) groups is 1. The van der Waals surface area contributed by atoms with Crippen LogP contribution >= 0.6 is 47.0 Å². The Bertz CT molecular complexity index is 1600. The molecule has 202 valence electrons. The maximum absolute atomic E-state index is 12.9. The average Bonchev–Trinajstić information content (AvgIpc) is 2.95. The number of hydrogen-bond acceptors (Lipinski definition) is 7. The highest BCUT2D eigenvalue weighted by Crippen LogP contribution is 2.42. The summed E-state index contributed by atoms with van der Waals surface area (Å²) < 4.78 is 11.5. The van der Waals surface area contributed by atoms with Gasteiger partial charge in [0, 0.05) is 32.6 Å². The number of fused-ring (bicyclic) bond motifs is 1. The quantitative estimate of drug-likeness (QED) is 0.0876. The molecule has 1 aliphatic heterocycles. The van der Waals surface area contributed by atoms with Crippen LogP contribution in [-0.4, -0.2) is 10.8 Å². The van der Waals surface area contributed by atoms with Crippen LogP contribution in [0.2, 0.25) is 10.0 Å². The average molecular weight is 612 g/mol. The normalized spacial score (nSPS) is 13.4. The van der Waals surface area contributed by atoms with Crippen LogP contribution in [0.4, 0.5) is 11.4 Å². The molecule has 1 N–H and O–H groups in total. The van der Waals surface area contributed by atoms with E-state index >= 15 is 0 Å². The van der Waals surface area contributed by atoms with Gasteiger partial charge < -0.3 is 14.2 Å². The molecular weight excluding hydrogens is 591 g/mol. The van der Waals surface area contributed by atoms with Crippen LogP contribution in [0.25, 0.3) is 6.08 Å².